The second kappa shape index (κ2) is 11.1. The van der Waals surface area contributed by atoms with Gasteiger partial charge in [-0.25, -0.2) is 4.39 Å². The predicted octanol–water partition coefficient (Wildman–Crippen LogP) is 4.32. The second-order valence-corrected chi connectivity index (χ2v) is 6.00. The summed E-state index contributed by atoms with van der Waals surface area (Å²) in [6.07, 6.45) is 0. The lowest BCUT2D eigenvalue weighted by atomic mass is 10.1. The average Bonchev–Trinajstić information content (AvgIpc) is 2.62. The Bertz CT molecular complexity index is 737. The van der Waals surface area contributed by atoms with Crippen LogP contribution in [0.4, 0.5) is 4.39 Å². The Kier molecular flexibility index (Phi) is 9.58. The molecule has 0 bridgehead atoms. The van der Waals surface area contributed by atoms with E-state index >= 15 is 0 Å². The number of hydrogen-bond donors (Lipinski definition) is 2. The lowest BCUT2D eigenvalue weighted by molar-refractivity contribution is 0.184. The van der Waals surface area contributed by atoms with Crippen molar-refractivity contribution >= 4 is 29.9 Å². The van der Waals surface area contributed by atoms with Crippen molar-refractivity contribution in [2.24, 2.45) is 4.99 Å². The van der Waals surface area contributed by atoms with Crippen LogP contribution in [0.3, 0.4) is 0 Å². The summed E-state index contributed by atoms with van der Waals surface area (Å²) in [5, 5.41) is 6.59. The van der Waals surface area contributed by atoms with Gasteiger partial charge in [0.15, 0.2) is 5.96 Å². The zero-order chi connectivity index (χ0) is 18.2. The van der Waals surface area contributed by atoms with Gasteiger partial charge in [-0.2, -0.15) is 0 Å². The van der Waals surface area contributed by atoms with E-state index in [0.29, 0.717) is 24.7 Å². The summed E-state index contributed by atoms with van der Waals surface area (Å²) >= 11 is 0. The molecular weight excluding hydrogens is 444 g/mol. The van der Waals surface area contributed by atoms with Crippen molar-refractivity contribution in [3.8, 4) is 0 Å². The third kappa shape index (κ3) is 6.25. The summed E-state index contributed by atoms with van der Waals surface area (Å²) in [7, 11) is 3.41. The number of benzene rings is 2. The zero-order valence-electron chi connectivity index (χ0n) is 15.7. The van der Waals surface area contributed by atoms with E-state index in [0.717, 1.165) is 16.7 Å². The molecule has 0 aliphatic carbocycles. The SMILES string of the molecule is CN=C(NCc1ccccc1COC)NC(C)c1ccc(C)c(F)c1.I. The number of aliphatic imine (C=N–C) groups is 1. The van der Waals surface area contributed by atoms with Gasteiger partial charge in [0.2, 0.25) is 0 Å². The van der Waals surface area contributed by atoms with E-state index in [2.05, 4.69) is 27.8 Å². The minimum Gasteiger partial charge on any atom is -0.380 e. The van der Waals surface area contributed by atoms with E-state index in [4.69, 9.17) is 4.74 Å². The number of ether oxygens (including phenoxy) is 1. The molecule has 142 valence electrons. The molecule has 0 amide bonds. The lowest BCUT2D eigenvalue weighted by Crippen LogP contribution is -2.38. The van der Waals surface area contributed by atoms with Crippen molar-refractivity contribution in [2.75, 3.05) is 14.2 Å². The van der Waals surface area contributed by atoms with Crippen LogP contribution in [0.15, 0.2) is 47.5 Å². The molecule has 26 heavy (non-hydrogen) atoms. The maximum absolute atomic E-state index is 13.8. The fourth-order valence-electron chi connectivity index (χ4n) is 2.57. The molecule has 0 saturated carbocycles. The van der Waals surface area contributed by atoms with E-state index in [1.54, 1.807) is 33.2 Å². The zero-order valence-corrected chi connectivity index (χ0v) is 18.0. The number of hydrogen-bond acceptors (Lipinski definition) is 2. The Morgan fingerprint density at radius 1 is 1.19 bits per heavy atom. The molecule has 0 aliphatic rings. The fourth-order valence-corrected chi connectivity index (χ4v) is 2.57. The summed E-state index contributed by atoms with van der Waals surface area (Å²) in [4.78, 5) is 4.25. The molecule has 0 aliphatic heterocycles. The first-order chi connectivity index (χ1) is 12.0. The monoisotopic (exact) mass is 471 g/mol. The van der Waals surface area contributed by atoms with Crippen LogP contribution in [0, 0.1) is 12.7 Å². The molecule has 2 rings (SSSR count). The molecule has 0 fully saturated rings. The Balaban J connectivity index is 0.00000338. The van der Waals surface area contributed by atoms with E-state index in [1.165, 1.54) is 0 Å². The molecule has 0 saturated heterocycles. The number of aryl methyl sites for hydroxylation is 1. The minimum absolute atomic E-state index is 0. The van der Waals surface area contributed by atoms with Gasteiger partial charge in [0.05, 0.1) is 12.6 Å². The molecule has 0 aromatic heterocycles. The predicted molar refractivity (Wildman–Crippen MR) is 115 cm³/mol. The summed E-state index contributed by atoms with van der Waals surface area (Å²) in [6.45, 7) is 4.95. The van der Waals surface area contributed by atoms with Crippen LogP contribution >= 0.6 is 24.0 Å². The molecule has 4 nitrogen and oxygen atoms in total. The van der Waals surface area contributed by atoms with Crippen molar-refractivity contribution < 1.29 is 9.13 Å². The molecule has 6 heteroatoms. The molecular formula is C20H27FIN3O. The van der Waals surface area contributed by atoms with Gasteiger partial charge in [0, 0.05) is 20.7 Å². The van der Waals surface area contributed by atoms with Gasteiger partial charge in [0.25, 0.3) is 0 Å². The smallest absolute Gasteiger partial charge is 0.191 e. The van der Waals surface area contributed by atoms with Crippen LogP contribution in [0.5, 0.6) is 0 Å². The number of methoxy groups -OCH3 is 1. The van der Waals surface area contributed by atoms with Gasteiger partial charge < -0.3 is 15.4 Å². The Labute approximate surface area is 172 Å². The van der Waals surface area contributed by atoms with E-state index in [9.17, 15) is 4.39 Å². The van der Waals surface area contributed by atoms with Crippen LogP contribution in [0.2, 0.25) is 0 Å². The molecule has 0 radical (unpaired) electrons. The van der Waals surface area contributed by atoms with Crippen LogP contribution in [-0.4, -0.2) is 20.1 Å². The third-order valence-electron chi connectivity index (χ3n) is 4.14. The highest BCUT2D eigenvalue weighted by Crippen LogP contribution is 2.16. The molecule has 2 aromatic rings. The van der Waals surface area contributed by atoms with Gasteiger partial charge in [-0.15, -0.1) is 24.0 Å². The summed E-state index contributed by atoms with van der Waals surface area (Å²) in [5.74, 6) is 0.475. The van der Waals surface area contributed by atoms with Crippen LogP contribution in [0.1, 0.15) is 35.2 Å². The minimum atomic E-state index is -0.192. The molecule has 1 atom stereocenters. The fraction of sp³-hybridized carbons (Fsp3) is 0.350. The van der Waals surface area contributed by atoms with Crippen molar-refractivity contribution in [3.05, 3.63) is 70.5 Å². The largest absolute Gasteiger partial charge is 0.380 e. The maximum Gasteiger partial charge on any atom is 0.191 e. The third-order valence-corrected chi connectivity index (χ3v) is 4.14. The van der Waals surface area contributed by atoms with Crippen LogP contribution in [0.25, 0.3) is 0 Å². The summed E-state index contributed by atoms with van der Waals surface area (Å²) < 4.78 is 19.0. The number of guanidine groups is 1. The highest BCUT2D eigenvalue weighted by atomic mass is 127. The first-order valence-corrected chi connectivity index (χ1v) is 8.34. The van der Waals surface area contributed by atoms with Crippen molar-refractivity contribution in [1.29, 1.82) is 0 Å². The van der Waals surface area contributed by atoms with Crippen molar-refractivity contribution in [3.63, 3.8) is 0 Å². The van der Waals surface area contributed by atoms with E-state index < -0.39 is 0 Å². The Morgan fingerprint density at radius 2 is 1.88 bits per heavy atom. The first kappa shape index (κ1) is 22.4. The molecule has 0 heterocycles. The van der Waals surface area contributed by atoms with Gasteiger partial charge in [0.1, 0.15) is 5.82 Å². The lowest BCUT2D eigenvalue weighted by Gasteiger charge is -2.19. The quantitative estimate of drug-likeness (QED) is 0.375. The summed E-state index contributed by atoms with van der Waals surface area (Å²) in [6, 6.07) is 13.3. The van der Waals surface area contributed by atoms with Gasteiger partial charge in [-0.1, -0.05) is 36.4 Å². The van der Waals surface area contributed by atoms with Gasteiger partial charge >= 0.3 is 0 Å². The van der Waals surface area contributed by atoms with Crippen LogP contribution in [-0.2, 0) is 17.9 Å². The standard InChI is InChI=1S/C20H26FN3O.HI/c1-14-9-10-16(11-19(14)21)15(2)24-20(22-3)23-12-17-7-5-6-8-18(17)13-25-4;/h5-11,15H,12-13H2,1-4H3,(H2,22,23,24);1H. The number of rotatable bonds is 6. The Morgan fingerprint density at radius 3 is 2.50 bits per heavy atom. The van der Waals surface area contributed by atoms with Crippen molar-refractivity contribution in [2.45, 2.75) is 33.0 Å². The number of nitrogens with zero attached hydrogens (tertiary/aromatic N) is 1. The second-order valence-electron chi connectivity index (χ2n) is 6.00. The maximum atomic E-state index is 13.8. The number of halogens is 2. The Hall–Kier alpha value is -1.67. The first-order valence-electron chi connectivity index (χ1n) is 8.34. The van der Waals surface area contributed by atoms with Gasteiger partial charge in [-0.3, -0.25) is 4.99 Å². The van der Waals surface area contributed by atoms with Crippen LogP contribution < -0.4 is 10.6 Å². The molecule has 0 spiro atoms. The number of nitrogens with one attached hydrogen (secondary N) is 2. The normalized spacial score (nSPS) is 12.3. The molecule has 1 unspecified atom stereocenters. The summed E-state index contributed by atoms with van der Waals surface area (Å²) in [5.41, 5.74) is 3.82. The van der Waals surface area contributed by atoms with E-state index in [1.807, 2.05) is 25.1 Å². The van der Waals surface area contributed by atoms with E-state index in [-0.39, 0.29) is 35.8 Å². The van der Waals surface area contributed by atoms with Gasteiger partial charge in [-0.05, 0) is 42.2 Å². The average molecular weight is 471 g/mol. The van der Waals surface area contributed by atoms with Crippen molar-refractivity contribution in [1.82, 2.24) is 10.6 Å². The highest BCUT2D eigenvalue weighted by Gasteiger charge is 2.10. The molecule has 2 N–H and O–H groups in total. The molecule has 2 aromatic carbocycles. The topological polar surface area (TPSA) is 45.7 Å². The highest BCUT2D eigenvalue weighted by molar-refractivity contribution is 14.0.